The zero-order valence-electron chi connectivity index (χ0n) is 10.9. The molecule has 1 aromatic rings. The van der Waals surface area contributed by atoms with Crippen LogP contribution in [-0.4, -0.2) is 34.4 Å². The summed E-state index contributed by atoms with van der Waals surface area (Å²) in [6.45, 7) is 2.32. The van der Waals surface area contributed by atoms with Gasteiger partial charge in [0.05, 0.1) is 12.4 Å². The molecule has 0 aliphatic rings. The minimum Gasteiger partial charge on any atom is -0.496 e. The Hall–Kier alpha value is -1.11. The number of ether oxygens (including phenoxy) is 1. The Kier molecular flexibility index (Phi) is 5.58. The average molecular weight is 272 g/mol. The molecule has 5 nitrogen and oxygen atoms in total. The van der Waals surface area contributed by atoms with Crippen LogP contribution in [0.2, 0.25) is 0 Å². The zero-order chi connectivity index (χ0) is 13.6. The SMILES string of the molecule is CNCC(C)S(=O)(=O)NCc1ccccc1OC. The van der Waals surface area contributed by atoms with Crippen molar-refractivity contribution in [1.82, 2.24) is 10.0 Å². The maximum atomic E-state index is 11.9. The van der Waals surface area contributed by atoms with E-state index in [0.29, 0.717) is 12.3 Å². The molecule has 1 aromatic carbocycles. The Labute approximate surface area is 109 Å². The lowest BCUT2D eigenvalue weighted by atomic mass is 10.2. The molecule has 0 bridgehead atoms. The second-order valence-corrected chi connectivity index (χ2v) is 6.23. The van der Waals surface area contributed by atoms with E-state index in [-0.39, 0.29) is 6.54 Å². The summed E-state index contributed by atoms with van der Waals surface area (Å²) in [7, 11) is -0.0188. The van der Waals surface area contributed by atoms with Gasteiger partial charge < -0.3 is 10.1 Å². The molecule has 6 heteroatoms. The fourth-order valence-electron chi connectivity index (χ4n) is 1.57. The first-order chi connectivity index (χ1) is 8.51. The average Bonchev–Trinajstić information content (AvgIpc) is 2.37. The monoisotopic (exact) mass is 272 g/mol. The van der Waals surface area contributed by atoms with Crippen LogP contribution in [0.15, 0.2) is 24.3 Å². The molecule has 0 saturated heterocycles. The zero-order valence-corrected chi connectivity index (χ0v) is 11.8. The Morgan fingerprint density at radius 3 is 2.61 bits per heavy atom. The Morgan fingerprint density at radius 1 is 1.33 bits per heavy atom. The van der Waals surface area contributed by atoms with E-state index in [1.54, 1.807) is 27.1 Å². The Balaban J connectivity index is 2.70. The van der Waals surface area contributed by atoms with Gasteiger partial charge in [-0.3, -0.25) is 0 Å². The number of benzene rings is 1. The highest BCUT2D eigenvalue weighted by molar-refractivity contribution is 7.90. The molecule has 0 radical (unpaired) electrons. The van der Waals surface area contributed by atoms with Gasteiger partial charge in [0.1, 0.15) is 5.75 Å². The minimum absolute atomic E-state index is 0.237. The third kappa shape index (κ3) is 3.97. The molecule has 18 heavy (non-hydrogen) atoms. The lowest BCUT2D eigenvalue weighted by Crippen LogP contribution is -2.37. The lowest BCUT2D eigenvalue weighted by molar-refractivity contribution is 0.409. The van der Waals surface area contributed by atoms with E-state index in [4.69, 9.17) is 4.74 Å². The van der Waals surface area contributed by atoms with Crippen molar-refractivity contribution in [3.63, 3.8) is 0 Å². The van der Waals surface area contributed by atoms with E-state index in [2.05, 4.69) is 10.0 Å². The van der Waals surface area contributed by atoms with Crippen molar-refractivity contribution in [3.05, 3.63) is 29.8 Å². The van der Waals surface area contributed by atoms with Crippen LogP contribution in [-0.2, 0) is 16.6 Å². The van der Waals surface area contributed by atoms with Gasteiger partial charge in [-0.1, -0.05) is 18.2 Å². The van der Waals surface area contributed by atoms with E-state index in [0.717, 1.165) is 5.56 Å². The van der Waals surface area contributed by atoms with E-state index in [9.17, 15) is 8.42 Å². The summed E-state index contributed by atoms with van der Waals surface area (Å²) < 4.78 is 31.6. The third-order valence-electron chi connectivity index (χ3n) is 2.68. The first kappa shape index (κ1) is 14.9. The highest BCUT2D eigenvalue weighted by Gasteiger charge is 2.19. The van der Waals surface area contributed by atoms with Gasteiger partial charge in [-0.2, -0.15) is 0 Å². The standard InChI is InChI=1S/C12H20N2O3S/c1-10(8-13-2)18(15,16)14-9-11-6-4-5-7-12(11)17-3/h4-7,10,13-14H,8-9H2,1-3H3. The van der Waals surface area contributed by atoms with E-state index >= 15 is 0 Å². The Bertz CT molecular complexity index is 474. The Morgan fingerprint density at radius 2 is 2.00 bits per heavy atom. The maximum absolute atomic E-state index is 11.9. The van der Waals surface area contributed by atoms with E-state index in [1.807, 2.05) is 18.2 Å². The molecule has 0 heterocycles. The van der Waals surface area contributed by atoms with Crippen LogP contribution in [0.4, 0.5) is 0 Å². The van der Waals surface area contributed by atoms with Crippen LogP contribution in [0.5, 0.6) is 5.75 Å². The van der Waals surface area contributed by atoms with Gasteiger partial charge in [0.25, 0.3) is 0 Å². The molecule has 0 spiro atoms. The van der Waals surface area contributed by atoms with Gasteiger partial charge in [0, 0.05) is 18.7 Å². The molecule has 0 saturated carbocycles. The molecular weight excluding hydrogens is 252 g/mol. The van der Waals surface area contributed by atoms with Crippen molar-refractivity contribution in [3.8, 4) is 5.75 Å². The van der Waals surface area contributed by atoms with Crippen LogP contribution in [0.3, 0.4) is 0 Å². The van der Waals surface area contributed by atoms with Crippen LogP contribution in [0, 0.1) is 0 Å². The van der Waals surface area contributed by atoms with Crippen molar-refractivity contribution >= 4 is 10.0 Å². The summed E-state index contributed by atoms with van der Waals surface area (Å²) in [5, 5.41) is 2.38. The summed E-state index contributed by atoms with van der Waals surface area (Å²) in [6, 6.07) is 7.34. The van der Waals surface area contributed by atoms with Gasteiger partial charge in [0.15, 0.2) is 0 Å². The predicted molar refractivity (Wildman–Crippen MR) is 72.1 cm³/mol. The fraction of sp³-hybridized carbons (Fsp3) is 0.500. The molecule has 1 unspecified atom stereocenters. The van der Waals surface area contributed by atoms with Crippen molar-refractivity contribution in [1.29, 1.82) is 0 Å². The highest BCUT2D eigenvalue weighted by atomic mass is 32.2. The molecule has 0 amide bonds. The normalized spacial score (nSPS) is 13.3. The maximum Gasteiger partial charge on any atom is 0.215 e. The van der Waals surface area contributed by atoms with Gasteiger partial charge in [-0.25, -0.2) is 13.1 Å². The van der Waals surface area contributed by atoms with Crippen molar-refractivity contribution in [2.45, 2.75) is 18.7 Å². The van der Waals surface area contributed by atoms with Crippen LogP contribution >= 0.6 is 0 Å². The van der Waals surface area contributed by atoms with Crippen molar-refractivity contribution < 1.29 is 13.2 Å². The number of sulfonamides is 1. The summed E-state index contributed by atoms with van der Waals surface area (Å²) in [5.41, 5.74) is 0.820. The van der Waals surface area contributed by atoms with E-state index in [1.165, 1.54) is 0 Å². The molecule has 102 valence electrons. The smallest absolute Gasteiger partial charge is 0.215 e. The summed E-state index contributed by atoms with van der Waals surface area (Å²) in [5.74, 6) is 0.682. The number of nitrogens with one attached hydrogen (secondary N) is 2. The molecule has 0 aliphatic carbocycles. The molecule has 1 rings (SSSR count). The molecule has 0 aliphatic heterocycles. The first-order valence-corrected chi connectivity index (χ1v) is 7.31. The quantitative estimate of drug-likeness (QED) is 0.767. The lowest BCUT2D eigenvalue weighted by Gasteiger charge is -2.14. The first-order valence-electron chi connectivity index (χ1n) is 5.76. The minimum atomic E-state index is -3.31. The predicted octanol–water partition coefficient (Wildman–Crippen LogP) is 0.722. The molecular formula is C12H20N2O3S. The van der Waals surface area contributed by atoms with Gasteiger partial charge in [-0.05, 0) is 20.0 Å². The number of hydrogen-bond acceptors (Lipinski definition) is 4. The fourth-order valence-corrected chi connectivity index (χ4v) is 2.59. The number of methoxy groups -OCH3 is 1. The van der Waals surface area contributed by atoms with Gasteiger partial charge in [0.2, 0.25) is 10.0 Å². The third-order valence-corrected chi connectivity index (χ3v) is 4.45. The summed E-state index contributed by atoms with van der Waals surface area (Å²) in [6.07, 6.45) is 0. The van der Waals surface area contributed by atoms with E-state index < -0.39 is 15.3 Å². The molecule has 1 atom stereocenters. The second-order valence-electron chi connectivity index (χ2n) is 4.05. The molecule has 0 fully saturated rings. The van der Waals surface area contributed by atoms with Crippen LogP contribution in [0.1, 0.15) is 12.5 Å². The van der Waals surface area contributed by atoms with Crippen molar-refractivity contribution in [2.24, 2.45) is 0 Å². The van der Waals surface area contributed by atoms with Gasteiger partial charge in [-0.15, -0.1) is 0 Å². The number of para-hydroxylation sites is 1. The molecule has 0 aromatic heterocycles. The summed E-state index contributed by atoms with van der Waals surface area (Å²) >= 11 is 0. The van der Waals surface area contributed by atoms with Gasteiger partial charge >= 0.3 is 0 Å². The molecule has 2 N–H and O–H groups in total. The second kappa shape index (κ2) is 6.72. The van der Waals surface area contributed by atoms with Crippen LogP contribution < -0.4 is 14.8 Å². The largest absolute Gasteiger partial charge is 0.496 e. The van der Waals surface area contributed by atoms with Crippen molar-refractivity contribution in [2.75, 3.05) is 20.7 Å². The number of rotatable bonds is 7. The summed E-state index contributed by atoms with van der Waals surface area (Å²) in [4.78, 5) is 0. The van der Waals surface area contributed by atoms with Crippen LogP contribution in [0.25, 0.3) is 0 Å². The number of hydrogen-bond donors (Lipinski definition) is 2. The topological polar surface area (TPSA) is 67.4 Å². The highest BCUT2D eigenvalue weighted by Crippen LogP contribution is 2.17.